The first-order valence-corrected chi connectivity index (χ1v) is 7.80. The summed E-state index contributed by atoms with van der Waals surface area (Å²) < 4.78 is 8.08. The van der Waals surface area contributed by atoms with Crippen molar-refractivity contribution in [2.24, 2.45) is 5.92 Å². The fourth-order valence-corrected chi connectivity index (χ4v) is 3.16. The zero-order valence-corrected chi connectivity index (χ0v) is 12.3. The van der Waals surface area contributed by atoms with Crippen molar-refractivity contribution in [3.63, 3.8) is 0 Å². The number of ether oxygens (including phenoxy) is 1. The second-order valence-electron chi connectivity index (χ2n) is 5.61. The number of hydrogen-bond donors (Lipinski definition) is 1. The summed E-state index contributed by atoms with van der Waals surface area (Å²) in [5.74, 6) is 1.88. The molecule has 0 bridgehead atoms. The monoisotopic (exact) mass is 272 g/mol. The average molecular weight is 272 g/mol. The van der Waals surface area contributed by atoms with Crippen LogP contribution in [0.5, 0.6) is 5.75 Å². The lowest BCUT2D eigenvalue weighted by atomic mass is 9.95. The standard InChI is InChI=1S/C17H24N2O/c1-2-20-17-5-3-4-16-15(17)9-13-19(16)12-8-14-6-10-18-11-7-14/h3-5,9,13-14,18H,2,6-8,10-12H2,1H3. The minimum atomic E-state index is 0.722. The number of aryl methyl sites for hydroxylation is 1. The smallest absolute Gasteiger partial charge is 0.128 e. The van der Waals surface area contributed by atoms with Gasteiger partial charge in [-0.2, -0.15) is 0 Å². The largest absolute Gasteiger partial charge is 0.493 e. The molecule has 0 spiro atoms. The van der Waals surface area contributed by atoms with Gasteiger partial charge in [0, 0.05) is 18.1 Å². The second kappa shape index (κ2) is 6.31. The SMILES string of the molecule is CCOc1cccc2c1ccn2CCC1CCNCC1. The van der Waals surface area contributed by atoms with Crippen LogP contribution in [0.3, 0.4) is 0 Å². The fourth-order valence-electron chi connectivity index (χ4n) is 3.16. The van der Waals surface area contributed by atoms with E-state index in [0.717, 1.165) is 24.8 Å². The molecule has 1 aliphatic rings. The fraction of sp³-hybridized carbons (Fsp3) is 0.529. The molecule has 2 aromatic rings. The van der Waals surface area contributed by atoms with Gasteiger partial charge in [-0.3, -0.25) is 0 Å². The number of nitrogens with one attached hydrogen (secondary N) is 1. The van der Waals surface area contributed by atoms with Gasteiger partial charge in [0.15, 0.2) is 0 Å². The number of aromatic nitrogens is 1. The van der Waals surface area contributed by atoms with Gasteiger partial charge in [0.1, 0.15) is 5.75 Å². The van der Waals surface area contributed by atoms with Gasteiger partial charge in [-0.1, -0.05) is 6.07 Å². The molecule has 3 heteroatoms. The van der Waals surface area contributed by atoms with Gasteiger partial charge in [0.25, 0.3) is 0 Å². The van der Waals surface area contributed by atoms with Crippen LogP contribution in [0.1, 0.15) is 26.2 Å². The summed E-state index contributed by atoms with van der Waals surface area (Å²) in [6, 6.07) is 8.53. The number of hydrogen-bond acceptors (Lipinski definition) is 2. The van der Waals surface area contributed by atoms with Crippen LogP contribution in [-0.4, -0.2) is 24.3 Å². The van der Waals surface area contributed by atoms with E-state index in [-0.39, 0.29) is 0 Å². The molecule has 0 atom stereocenters. The third kappa shape index (κ3) is 2.83. The predicted octanol–water partition coefficient (Wildman–Crippen LogP) is 3.43. The van der Waals surface area contributed by atoms with Crippen molar-refractivity contribution < 1.29 is 4.74 Å². The molecular formula is C17H24N2O. The lowest BCUT2D eigenvalue weighted by molar-refractivity contribution is 0.339. The number of nitrogens with zero attached hydrogens (tertiary/aromatic N) is 1. The second-order valence-corrected chi connectivity index (χ2v) is 5.61. The predicted molar refractivity (Wildman–Crippen MR) is 83.3 cm³/mol. The Labute approximate surface area is 120 Å². The number of piperidine rings is 1. The molecule has 1 aromatic heterocycles. The molecule has 1 aliphatic heterocycles. The summed E-state index contributed by atoms with van der Waals surface area (Å²) in [7, 11) is 0. The van der Waals surface area contributed by atoms with Crippen molar-refractivity contribution in [3.05, 3.63) is 30.5 Å². The first kappa shape index (κ1) is 13.5. The molecule has 20 heavy (non-hydrogen) atoms. The molecule has 0 radical (unpaired) electrons. The Hall–Kier alpha value is -1.48. The maximum atomic E-state index is 5.71. The van der Waals surface area contributed by atoms with E-state index in [2.05, 4.69) is 40.3 Å². The molecule has 0 aliphatic carbocycles. The zero-order chi connectivity index (χ0) is 13.8. The summed E-state index contributed by atoms with van der Waals surface area (Å²) in [4.78, 5) is 0. The van der Waals surface area contributed by atoms with Crippen molar-refractivity contribution in [3.8, 4) is 5.75 Å². The van der Waals surface area contributed by atoms with E-state index >= 15 is 0 Å². The Morgan fingerprint density at radius 2 is 2.10 bits per heavy atom. The Kier molecular flexibility index (Phi) is 4.26. The topological polar surface area (TPSA) is 26.2 Å². The molecule has 2 heterocycles. The quantitative estimate of drug-likeness (QED) is 0.902. The van der Waals surface area contributed by atoms with Crippen LogP contribution in [0.15, 0.2) is 30.5 Å². The van der Waals surface area contributed by atoms with Crippen LogP contribution in [0.4, 0.5) is 0 Å². The summed E-state index contributed by atoms with van der Waals surface area (Å²) in [5, 5.41) is 4.67. The Balaban J connectivity index is 1.73. The van der Waals surface area contributed by atoms with Crippen molar-refractivity contribution in [1.29, 1.82) is 0 Å². The van der Waals surface area contributed by atoms with Gasteiger partial charge in [-0.15, -0.1) is 0 Å². The van der Waals surface area contributed by atoms with Crippen LogP contribution in [0.2, 0.25) is 0 Å². The van der Waals surface area contributed by atoms with Crippen molar-refractivity contribution in [2.75, 3.05) is 19.7 Å². The lowest BCUT2D eigenvalue weighted by Gasteiger charge is -2.22. The molecule has 108 valence electrons. The van der Waals surface area contributed by atoms with Crippen LogP contribution in [-0.2, 0) is 6.54 Å². The highest BCUT2D eigenvalue weighted by atomic mass is 16.5. The molecule has 0 saturated carbocycles. The third-order valence-electron chi connectivity index (χ3n) is 4.31. The van der Waals surface area contributed by atoms with Crippen LogP contribution in [0.25, 0.3) is 10.9 Å². The maximum absolute atomic E-state index is 5.71. The summed E-state index contributed by atoms with van der Waals surface area (Å²) in [6.45, 7) is 6.24. The number of benzene rings is 1. The molecule has 1 aromatic carbocycles. The van der Waals surface area contributed by atoms with Gasteiger partial charge < -0.3 is 14.6 Å². The van der Waals surface area contributed by atoms with Crippen LogP contribution >= 0.6 is 0 Å². The Morgan fingerprint density at radius 3 is 2.90 bits per heavy atom. The van der Waals surface area contributed by atoms with Crippen molar-refractivity contribution in [1.82, 2.24) is 9.88 Å². The Bertz CT molecular complexity index is 555. The van der Waals surface area contributed by atoms with E-state index in [1.807, 2.05) is 6.92 Å². The Morgan fingerprint density at radius 1 is 1.25 bits per heavy atom. The molecule has 3 nitrogen and oxygen atoms in total. The molecule has 1 N–H and O–H groups in total. The van der Waals surface area contributed by atoms with Gasteiger partial charge in [-0.25, -0.2) is 0 Å². The molecular weight excluding hydrogens is 248 g/mol. The highest BCUT2D eigenvalue weighted by Crippen LogP contribution is 2.27. The van der Waals surface area contributed by atoms with Gasteiger partial charge >= 0.3 is 0 Å². The normalized spacial score (nSPS) is 16.6. The number of rotatable bonds is 5. The molecule has 0 unspecified atom stereocenters. The summed E-state index contributed by atoms with van der Waals surface area (Å²) >= 11 is 0. The number of fused-ring (bicyclic) bond motifs is 1. The van der Waals surface area contributed by atoms with E-state index in [1.54, 1.807) is 0 Å². The highest BCUT2D eigenvalue weighted by Gasteiger charge is 2.13. The van der Waals surface area contributed by atoms with Gasteiger partial charge in [0.2, 0.25) is 0 Å². The average Bonchev–Trinajstić information content (AvgIpc) is 2.91. The van der Waals surface area contributed by atoms with Crippen molar-refractivity contribution >= 4 is 10.9 Å². The first-order valence-electron chi connectivity index (χ1n) is 7.80. The van der Waals surface area contributed by atoms with E-state index < -0.39 is 0 Å². The summed E-state index contributed by atoms with van der Waals surface area (Å²) in [6.07, 6.45) is 6.13. The van der Waals surface area contributed by atoms with E-state index in [0.29, 0.717) is 0 Å². The molecule has 1 fully saturated rings. The maximum Gasteiger partial charge on any atom is 0.128 e. The summed E-state index contributed by atoms with van der Waals surface area (Å²) in [5.41, 5.74) is 1.30. The van der Waals surface area contributed by atoms with Crippen LogP contribution in [0, 0.1) is 5.92 Å². The van der Waals surface area contributed by atoms with E-state index in [1.165, 1.54) is 43.3 Å². The van der Waals surface area contributed by atoms with Crippen LogP contribution < -0.4 is 10.1 Å². The molecule has 0 amide bonds. The lowest BCUT2D eigenvalue weighted by Crippen LogP contribution is -2.28. The van der Waals surface area contributed by atoms with E-state index in [4.69, 9.17) is 4.74 Å². The first-order chi connectivity index (χ1) is 9.88. The zero-order valence-electron chi connectivity index (χ0n) is 12.3. The van der Waals surface area contributed by atoms with E-state index in [9.17, 15) is 0 Å². The van der Waals surface area contributed by atoms with Gasteiger partial charge in [0.05, 0.1) is 12.1 Å². The third-order valence-corrected chi connectivity index (χ3v) is 4.31. The van der Waals surface area contributed by atoms with Gasteiger partial charge in [-0.05, 0) is 63.4 Å². The minimum absolute atomic E-state index is 0.722. The molecule has 1 saturated heterocycles. The molecule has 3 rings (SSSR count). The van der Waals surface area contributed by atoms with Crippen molar-refractivity contribution in [2.45, 2.75) is 32.7 Å². The minimum Gasteiger partial charge on any atom is -0.493 e. The highest BCUT2D eigenvalue weighted by molar-refractivity contribution is 5.86.